The van der Waals surface area contributed by atoms with Crippen molar-refractivity contribution in [2.45, 2.75) is 25.6 Å². The molecule has 0 amide bonds. The molecule has 0 aromatic carbocycles. The number of hydrogen-bond acceptors (Lipinski definition) is 4. The second kappa shape index (κ2) is 5.00. The van der Waals surface area contributed by atoms with E-state index in [2.05, 4.69) is 19.6 Å². The lowest BCUT2D eigenvalue weighted by molar-refractivity contribution is 0.0361. The summed E-state index contributed by atoms with van der Waals surface area (Å²) in [6.07, 6.45) is -0.594. The first-order chi connectivity index (χ1) is 6.19. The van der Waals surface area contributed by atoms with E-state index in [4.69, 9.17) is 0 Å². The number of rotatable bonds is 4. The van der Waals surface area contributed by atoms with Crippen LogP contribution in [0.2, 0.25) is 0 Å². The smallest absolute Gasteiger partial charge is 0.115 e. The van der Waals surface area contributed by atoms with Gasteiger partial charge in [0.15, 0.2) is 0 Å². The van der Waals surface area contributed by atoms with Gasteiger partial charge in [-0.25, -0.2) is 0 Å². The number of hydrogen-bond donors (Lipinski definition) is 3. The largest absolute Gasteiger partial charge is 0.389 e. The minimum Gasteiger partial charge on any atom is -0.389 e. The lowest BCUT2D eigenvalue weighted by atomic mass is 10.2. The molecule has 0 aliphatic rings. The first-order valence-corrected chi connectivity index (χ1v) is 5.69. The summed E-state index contributed by atoms with van der Waals surface area (Å²) in [6.45, 7) is 2.07. The van der Waals surface area contributed by atoms with Crippen molar-refractivity contribution in [3.05, 3.63) is 21.9 Å². The summed E-state index contributed by atoms with van der Waals surface area (Å²) in [5, 5.41) is 19.0. The van der Waals surface area contributed by atoms with Gasteiger partial charge in [-0.15, -0.1) is 11.3 Å². The molecule has 2 N–H and O–H groups in total. The number of aliphatic hydroxyl groups is 2. The van der Waals surface area contributed by atoms with Crippen LogP contribution in [0.1, 0.15) is 22.8 Å². The fourth-order valence-electron chi connectivity index (χ4n) is 1.03. The van der Waals surface area contributed by atoms with Crippen molar-refractivity contribution in [2.75, 3.05) is 5.75 Å². The SMILES string of the molecule is CCc1ccc(C(O)C(O)CS)s1. The van der Waals surface area contributed by atoms with Crippen molar-refractivity contribution in [2.24, 2.45) is 0 Å². The molecule has 1 rings (SSSR count). The van der Waals surface area contributed by atoms with Crippen LogP contribution in [0.5, 0.6) is 0 Å². The van der Waals surface area contributed by atoms with Crippen LogP contribution in [0.25, 0.3) is 0 Å². The zero-order valence-corrected chi connectivity index (χ0v) is 9.18. The molecule has 0 spiro atoms. The van der Waals surface area contributed by atoms with Gasteiger partial charge in [0.1, 0.15) is 6.10 Å². The summed E-state index contributed by atoms with van der Waals surface area (Å²) in [5.41, 5.74) is 0. The highest BCUT2D eigenvalue weighted by Crippen LogP contribution is 2.26. The van der Waals surface area contributed by atoms with Crippen molar-refractivity contribution in [3.8, 4) is 0 Å². The Morgan fingerprint density at radius 3 is 2.62 bits per heavy atom. The monoisotopic (exact) mass is 218 g/mol. The maximum Gasteiger partial charge on any atom is 0.115 e. The van der Waals surface area contributed by atoms with Crippen molar-refractivity contribution < 1.29 is 10.2 Å². The summed E-state index contributed by atoms with van der Waals surface area (Å²) in [7, 11) is 0. The zero-order valence-electron chi connectivity index (χ0n) is 7.47. The Kier molecular flexibility index (Phi) is 4.25. The van der Waals surface area contributed by atoms with E-state index in [9.17, 15) is 10.2 Å². The van der Waals surface area contributed by atoms with Gasteiger partial charge in [-0.2, -0.15) is 12.6 Å². The van der Waals surface area contributed by atoms with E-state index in [0.29, 0.717) is 0 Å². The molecule has 1 heterocycles. The number of thiophene rings is 1. The zero-order chi connectivity index (χ0) is 9.84. The lowest BCUT2D eigenvalue weighted by Crippen LogP contribution is -2.18. The van der Waals surface area contributed by atoms with Crippen LogP contribution in [0.15, 0.2) is 12.1 Å². The summed E-state index contributed by atoms with van der Waals surface area (Å²) in [5.74, 6) is 0.278. The fourth-order valence-corrected chi connectivity index (χ4v) is 2.23. The van der Waals surface area contributed by atoms with E-state index in [1.165, 1.54) is 4.88 Å². The van der Waals surface area contributed by atoms with Crippen LogP contribution in [0.4, 0.5) is 0 Å². The average molecular weight is 218 g/mol. The van der Waals surface area contributed by atoms with Gasteiger partial charge in [0.05, 0.1) is 6.10 Å². The molecule has 2 unspecified atom stereocenters. The summed E-state index contributed by atoms with van der Waals surface area (Å²) in [4.78, 5) is 2.04. The Balaban J connectivity index is 2.70. The van der Waals surface area contributed by atoms with E-state index < -0.39 is 12.2 Å². The predicted molar refractivity (Wildman–Crippen MR) is 58.5 cm³/mol. The van der Waals surface area contributed by atoms with Crippen LogP contribution in [-0.2, 0) is 6.42 Å². The normalized spacial score (nSPS) is 15.7. The van der Waals surface area contributed by atoms with Crippen molar-refractivity contribution in [1.82, 2.24) is 0 Å². The second-order valence-corrected chi connectivity index (χ2v) is 4.42. The minimum absolute atomic E-state index is 0.278. The van der Waals surface area contributed by atoms with Gasteiger partial charge in [0.25, 0.3) is 0 Å². The number of aryl methyl sites for hydroxylation is 1. The fraction of sp³-hybridized carbons (Fsp3) is 0.556. The molecule has 4 heteroatoms. The Labute approximate surface area is 87.6 Å². The van der Waals surface area contributed by atoms with E-state index in [1.807, 2.05) is 12.1 Å². The quantitative estimate of drug-likeness (QED) is 0.672. The van der Waals surface area contributed by atoms with Crippen LogP contribution in [0.3, 0.4) is 0 Å². The van der Waals surface area contributed by atoms with Crippen molar-refractivity contribution >= 4 is 24.0 Å². The van der Waals surface area contributed by atoms with E-state index >= 15 is 0 Å². The molecule has 0 bridgehead atoms. The standard InChI is InChI=1S/C9H14O2S2/c1-2-6-3-4-8(13-6)9(11)7(10)5-12/h3-4,7,9-12H,2,5H2,1H3. The Hall–Kier alpha value is -0.0300. The van der Waals surface area contributed by atoms with E-state index in [1.54, 1.807) is 11.3 Å². The van der Waals surface area contributed by atoms with Gasteiger partial charge in [0, 0.05) is 15.5 Å². The number of thiol groups is 1. The predicted octanol–water partition coefficient (Wildman–Crippen LogP) is 1.63. The van der Waals surface area contributed by atoms with Gasteiger partial charge in [0.2, 0.25) is 0 Å². The highest BCUT2D eigenvalue weighted by molar-refractivity contribution is 7.80. The van der Waals surface area contributed by atoms with E-state index in [-0.39, 0.29) is 5.75 Å². The molecular weight excluding hydrogens is 204 g/mol. The van der Waals surface area contributed by atoms with Crippen LogP contribution < -0.4 is 0 Å². The number of aliphatic hydroxyl groups excluding tert-OH is 2. The van der Waals surface area contributed by atoms with Crippen molar-refractivity contribution in [3.63, 3.8) is 0 Å². The summed E-state index contributed by atoms with van der Waals surface area (Å²) in [6, 6.07) is 3.84. The van der Waals surface area contributed by atoms with Crippen molar-refractivity contribution in [1.29, 1.82) is 0 Å². The molecule has 2 nitrogen and oxygen atoms in total. The summed E-state index contributed by atoms with van der Waals surface area (Å²) >= 11 is 5.47. The Morgan fingerprint density at radius 2 is 2.15 bits per heavy atom. The molecule has 74 valence electrons. The van der Waals surface area contributed by atoms with Gasteiger partial charge < -0.3 is 10.2 Å². The van der Waals surface area contributed by atoms with Gasteiger partial charge in [-0.1, -0.05) is 6.92 Å². The molecule has 0 saturated carbocycles. The highest BCUT2D eigenvalue weighted by Gasteiger charge is 2.18. The third-order valence-electron chi connectivity index (χ3n) is 1.87. The molecular formula is C9H14O2S2. The molecule has 1 aromatic heterocycles. The molecule has 0 fully saturated rings. The Morgan fingerprint density at radius 1 is 1.46 bits per heavy atom. The van der Waals surface area contributed by atoms with Gasteiger partial charge in [-0.05, 0) is 18.6 Å². The molecule has 13 heavy (non-hydrogen) atoms. The molecule has 2 atom stereocenters. The third-order valence-corrected chi connectivity index (χ3v) is 3.55. The van der Waals surface area contributed by atoms with Crippen LogP contribution in [-0.4, -0.2) is 22.1 Å². The van der Waals surface area contributed by atoms with Crippen LogP contribution in [0, 0.1) is 0 Å². The topological polar surface area (TPSA) is 40.5 Å². The summed E-state index contributed by atoms with van der Waals surface area (Å²) < 4.78 is 0. The Bertz CT molecular complexity index is 260. The maximum absolute atomic E-state index is 9.61. The maximum atomic E-state index is 9.61. The highest BCUT2D eigenvalue weighted by atomic mass is 32.1. The molecule has 0 aliphatic heterocycles. The molecule has 0 saturated heterocycles. The van der Waals surface area contributed by atoms with Gasteiger partial charge >= 0.3 is 0 Å². The van der Waals surface area contributed by atoms with Crippen LogP contribution >= 0.6 is 24.0 Å². The minimum atomic E-state index is -0.789. The first-order valence-electron chi connectivity index (χ1n) is 4.24. The molecule has 0 radical (unpaired) electrons. The average Bonchev–Trinajstić information content (AvgIpc) is 2.63. The molecule has 0 aliphatic carbocycles. The third kappa shape index (κ3) is 2.71. The first kappa shape index (κ1) is 11.0. The second-order valence-electron chi connectivity index (χ2n) is 2.85. The lowest BCUT2D eigenvalue weighted by Gasteiger charge is -2.13. The molecule has 1 aromatic rings. The van der Waals surface area contributed by atoms with E-state index in [0.717, 1.165) is 11.3 Å². The van der Waals surface area contributed by atoms with Gasteiger partial charge in [-0.3, -0.25) is 0 Å².